The summed E-state index contributed by atoms with van der Waals surface area (Å²) in [5.74, 6) is -0.295. The Kier molecular flexibility index (Phi) is 7.15. The summed E-state index contributed by atoms with van der Waals surface area (Å²) in [4.78, 5) is 30.1. The molecule has 5 rings (SSSR count). The van der Waals surface area contributed by atoms with E-state index in [2.05, 4.69) is 20.9 Å². The van der Waals surface area contributed by atoms with Crippen molar-refractivity contribution >= 4 is 72.9 Å². The van der Waals surface area contributed by atoms with Crippen molar-refractivity contribution in [3.05, 3.63) is 97.4 Å². The molecule has 0 fully saturated rings. The van der Waals surface area contributed by atoms with Crippen LogP contribution in [0.1, 0.15) is 33.3 Å². The molecule has 0 amide bonds. The van der Waals surface area contributed by atoms with Gasteiger partial charge in [0.1, 0.15) is 4.88 Å². The highest BCUT2D eigenvalue weighted by Crippen LogP contribution is 2.38. The molecule has 0 aliphatic carbocycles. The fraction of sp³-hybridized carbons (Fsp3) is 0.107. The molecule has 0 radical (unpaired) electrons. The average Bonchev–Trinajstić information content (AvgIpc) is 3.40. The molecule has 1 aromatic heterocycles. The van der Waals surface area contributed by atoms with Crippen LogP contribution in [0.4, 0.5) is 0 Å². The number of thiophene rings is 1. The molecular weight excluding hydrogens is 578 g/mol. The van der Waals surface area contributed by atoms with Crippen molar-refractivity contribution in [2.75, 3.05) is 6.61 Å². The van der Waals surface area contributed by atoms with Crippen molar-refractivity contribution in [3.63, 3.8) is 0 Å². The van der Waals surface area contributed by atoms with Gasteiger partial charge < -0.3 is 14.2 Å². The minimum absolute atomic E-state index is 0.158. The van der Waals surface area contributed by atoms with Gasteiger partial charge in [-0.1, -0.05) is 57.4 Å². The van der Waals surface area contributed by atoms with Gasteiger partial charge in [-0.25, -0.2) is 14.6 Å². The molecule has 0 N–H and O–H groups in total. The standard InChI is InChI=1S/C28H19BrClNO5S/c1-3-34-22-13-16(12-20-27(32)36-26(31-20)17-7-4-15(2)5-8-17)6-11-21(22)35-28(33)25-24(30)19-10-9-18(29)14-23(19)37-25/h4-14H,3H2,1-2H3/b20-12+. The highest BCUT2D eigenvalue weighted by Gasteiger charge is 2.25. The normalized spacial score (nSPS) is 14.1. The maximum atomic E-state index is 13.0. The monoisotopic (exact) mass is 595 g/mol. The fourth-order valence-corrected chi connectivity index (χ4v) is 5.61. The van der Waals surface area contributed by atoms with Crippen LogP contribution in [-0.4, -0.2) is 24.4 Å². The van der Waals surface area contributed by atoms with E-state index < -0.39 is 11.9 Å². The molecule has 0 atom stereocenters. The Labute approximate surface area is 230 Å². The highest BCUT2D eigenvalue weighted by atomic mass is 79.9. The Balaban J connectivity index is 1.41. The number of carbonyl (C=O) groups excluding carboxylic acids is 2. The van der Waals surface area contributed by atoms with E-state index in [1.807, 2.05) is 56.3 Å². The summed E-state index contributed by atoms with van der Waals surface area (Å²) in [6.45, 7) is 4.15. The van der Waals surface area contributed by atoms with Crippen molar-refractivity contribution in [2.24, 2.45) is 4.99 Å². The summed E-state index contributed by atoms with van der Waals surface area (Å²) in [7, 11) is 0. The lowest BCUT2D eigenvalue weighted by Crippen LogP contribution is -2.08. The van der Waals surface area contributed by atoms with Gasteiger partial charge in [-0.05, 0) is 61.9 Å². The van der Waals surface area contributed by atoms with Crippen LogP contribution in [-0.2, 0) is 9.53 Å². The minimum Gasteiger partial charge on any atom is -0.490 e. The lowest BCUT2D eigenvalue weighted by molar-refractivity contribution is -0.129. The number of aryl methyl sites for hydroxylation is 1. The van der Waals surface area contributed by atoms with Crippen molar-refractivity contribution in [3.8, 4) is 11.5 Å². The van der Waals surface area contributed by atoms with E-state index in [0.717, 1.165) is 20.1 Å². The van der Waals surface area contributed by atoms with E-state index >= 15 is 0 Å². The first kappa shape index (κ1) is 25.2. The zero-order chi connectivity index (χ0) is 26.1. The summed E-state index contributed by atoms with van der Waals surface area (Å²) in [5, 5.41) is 1.13. The van der Waals surface area contributed by atoms with Crippen LogP contribution in [0.25, 0.3) is 16.2 Å². The molecule has 1 aliphatic rings. The second kappa shape index (κ2) is 10.5. The second-order valence-corrected chi connectivity index (χ2v) is 10.5. The molecule has 3 aromatic carbocycles. The Hall–Kier alpha value is -3.46. The number of esters is 2. The van der Waals surface area contributed by atoms with Crippen LogP contribution >= 0.6 is 38.9 Å². The van der Waals surface area contributed by atoms with Crippen LogP contribution in [0.2, 0.25) is 5.02 Å². The molecule has 6 nitrogen and oxygen atoms in total. The number of halogens is 2. The maximum absolute atomic E-state index is 13.0. The third-order valence-electron chi connectivity index (χ3n) is 5.47. The van der Waals surface area contributed by atoms with E-state index in [4.69, 9.17) is 25.8 Å². The molecule has 2 heterocycles. The van der Waals surface area contributed by atoms with Crippen LogP contribution < -0.4 is 9.47 Å². The maximum Gasteiger partial charge on any atom is 0.363 e. The Bertz CT molecular complexity index is 1610. The molecule has 37 heavy (non-hydrogen) atoms. The first-order valence-electron chi connectivity index (χ1n) is 11.3. The lowest BCUT2D eigenvalue weighted by Gasteiger charge is -2.11. The van der Waals surface area contributed by atoms with Crippen molar-refractivity contribution in [1.29, 1.82) is 0 Å². The zero-order valence-electron chi connectivity index (χ0n) is 19.7. The van der Waals surface area contributed by atoms with Gasteiger partial charge in [0, 0.05) is 20.1 Å². The summed E-state index contributed by atoms with van der Waals surface area (Å²) < 4.78 is 18.5. The third kappa shape index (κ3) is 5.32. The Morgan fingerprint density at radius 2 is 1.89 bits per heavy atom. The van der Waals surface area contributed by atoms with E-state index in [1.54, 1.807) is 24.3 Å². The average molecular weight is 597 g/mol. The second-order valence-electron chi connectivity index (χ2n) is 8.12. The molecule has 9 heteroatoms. The van der Waals surface area contributed by atoms with Gasteiger partial charge in [0.15, 0.2) is 17.2 Å². The van der Waals surface area contributed by atoms with Gasteiger partial charge in [0.05, 0.1) is 11.6 Å². The zero-order valence-corrected chi connectivity index (χ0v) is 22.9. The number of nitrogens with zero attached hydrogens (tertiary/aromatic N) is 1. The summed E-state index contributed by atoms with van der Waals surface area (Å²) >= 11 is 11.2. The van der Waals surface area contributed by atoms with Gasteiger partial charge in [0.2, 0.25) is 5.90 Å². The summed E-state index contributed by atoms with van der Waals surface area (Å²) in [5.41, 5.74) is 2.60. The van der Waals surface area contributed by atoms with Gasteiger partial charge in [-0.2, -0.15) is 0 Å². The first-order valence-corrected chi connectivity index (χ1v) is 13.3. The van der Waals surface area contributed by atoms with Crippen LogP contribution in [0.3, 0.4) is 0 Å². The fourth-order valence-electron chi connectivity index (χ4n) is 3.67. The predicted octanol–water partition coefficient (Wildman–Crippen LogP) is 7.59. The Morgan fingerprint density at radius 3 is 2.65 bits per heavy atom. The number of aliphatic imine (C=N–C) groups is 1. The number of fused-ring (bicyclic) bond motifs is 1. The highest BCUT2D eigenvalue weighted by molar-refractivity contribution is 9.10. The summed E-state index contributed by atoms with van der Waals surface area (Å²) in [6.07, 6.45) is 1.60. The third-order valence-corrected chi connectivity index (χ3v) is 7.60. The van der Waals surface area contributed by atoms with Gasteiger partial charge >= 0.3 is 11.9 Å². The SMILES string of the molecule is CCOc1cc(/C=C2/N=C(c3ccc(C)cc3)OC2=O)ccc1OC(=O)c1sc2cc(Br)ccc2c1Cl. The number of cyclic esters (lactones) is 1. The molecule has 0 spiro atoms. The topological polar surface area (TPSA) is 74.2 Å². The van der Waals surface area contributed by atoms with Gasteiger partial charge in [0.25, 0.3) is 0 Å². The lowest BCUT2D eigenvalue weighted by atomic mass is 10.1. The van der Waals surface area contributed by atoms with Crippen molar-refractivity contribution in [1.82, 2.24) is 0 Å². The molecule has 0 saturated carbocycles. The largest absolute Gasteiger partial charge is 0.490 e. The summed E-state index contributed by atoms with van der Waals surface area (Å²) in [6, 6.07) is 18.2. The number of carbonyl (C=O) groups is 2. The molecule has 1 aliphatic heterocycles. The number of hydrogen-bond donors (Lipinski definition) is 0. The van der Waals surface area contributed by atoms with Crippen molar-refractivity contribution in [2.45, 2.75) is 13.8 Å². The smallest absolute Gasteiger partial charge is 0.363 e. The minimum atomic E-state index is -0.582. The number of benzene rings is 3. The molecule has 0 saturated heterocycles. The molecule has 4 aromatic rings. The number of rotatable bonds is 6. The van der Waals surface area contributed by atoms with Crippen LogP contribution in [0.5, 0.6) is 11.5 Å². The van der Waals surface area contributed by atoms with Gasteiger partial charge in [-0.3, -0.25) is 0 Å². The van der Waals surface area contributed by atoms with Crippen LogP contribution in [0, 0.1) is 6.92 Å². The van der Waals surface area contributed by atoms with E-state index in [-0.39, 0.29) is 17.3 Å². The Morgan fingerprint density at radius 1 is 1.11 bits per heavy atom. The molecule has 0 bridgehead atoms. The first-order chi connectivity index (χ1) is 17.8. The van der Waals surface area contributed by atoms with E-state index in [9.17, 15) is 9.59 Å². The predicted molar refractivity (Wildman–Crippen MR) is 149 cm³/mol. The number of hydrogen-bond acceptors (Lipinski definition) is 7. The molecule has 0 unspecified atom stereocenters. The number of ether oxygens (including phenoxy) is 3. The van der Waals surface area contributed by atoms with E-state index in [1.165, 1.54) is 11.3 Å². The molecule has 186 valence electrons. The van der Waals surface area contributed by atoms with E-state index in [0.29, 0.717) is 33.4 Å². The quantitative estimate of drug-likeness (QED) is 0.130. The molecular formula is C28H19BrClNO5S. The van der Waals surface area contributed by atoms with Gasteiger partial charge in [-0.15, -0.1) is 11.3 Å². The van der Waals surface area contributed by atoms with Crippen molar-refractivity contribution < 1.29 is 23.8 Å². The van der Waals surface area contributed by atoms with Crippen LogP contribution in [0.15, 0.2) is 75.8 Å².